The number of imidazole rings is 2. The molecule has 0 saturated heterocycles. The minimum Gasteiger partial charge on any atom is -0.331 e. The van der Waals surface area contributed by atoms with Gasteiger partial charge in [-0.1, -0.05) is 24.3 Å². The number of aromatic nitrogens is 4. The van der Waals surface area contributed by atoms with Gasteiger partial charge in [0, 0.05) is 37.5 Å². The molecule has 0 fully saturated rings. The second-order valence-electron chi connectivity index (χ2n) is 5.41. The zero-order chi connectivity index (χ0) is 14.9. The Balaban J connectivity index is 1.62. The third kappa shape index (κ3) is 2.29. The van der Waals surface area contributed by atoms with Crippen molar-refractivity contribution in [3.05, 3.63) is 78.8 Å². The highest BCUT2D eigenvalue weighted by Crippen LogP contribution is 2.20. The van der Waals surface area contributed by atoms with E-state index in [2.05, 4.69) is 51.1 Å². The summed E-state index contributed by atoms with van der Waals surface area (Å²) in [4.78, 5) is 8.53. The molecule has 0 aliphatic carbocycles. The van der Waals surface area contributed by atoms with Gasteiger partial charge in [-0.2, -0.15) is 0 Å². The van der Waals surface area contributed by atoms with Gasteiger partial charge in [-0.15, -0.1) is 0 Å². The van der Waals surface area contributed by atoms with Crippen LogP contribution in [0, 0.1) is 6.92 Å². The monoisotopic (exact) mass is 288 g/mol. The summed E-state index contributed by atoms with van der Waals surface area (Å²) in [6.45, 7) is 2.88. The molecule has 1 aromatic carbocycles. The molecule has 3 aromatic heterocycles. The maximum absolute atomic E-state index is 4.27. The average molecular weight is 288 g/mol. The molecule has 4 heteroatoms. The summed E-state index contributed by atoms with van der Waals surface area (Å²) in [7, 11) is 0. The highest BCUT2D eigenvalue weighted by molar-refractivity contribution is 5.64. The smallest absolute Gasteiger partial charge is 0.136 e. The third-order valence-corrected chi connectivity index (χ3v) is 3.95. The lowest BCUT2D eigenvalue weighted by Gasteiger charge is -2.07. The quantitative estimate of drug-likeness (QED) is 0.578. The molecular formula is C18H16N4. The lowest BCUT2D eigenvalue weighted by molar-refractivity contribution is 0.762. The molecule has 3 heterocycles. The van der Waals surface area contributed by atoms with Crippen LogP contribution in [0.2, 0.25) is 0 Å². The van der Waals surface area contributed by atoms with E-state index in [1.54, 1.807) is 0 Å². The van der Waals surface area contributed by atoms with Crippen molar-refractivity contribution in [1.29, 1.82) is 0 Å². The van der Waals surface area contributed by atoms with Crippen molar-refractivity contribution in [3.8, 4) is 11.1 Å². The van der Waals surface area contributed by atoms with E-state index in [0.29, 0.717) is 0 Å². The Labute approximate surface area is 128 Å². The summed E-state index contributed by atoms with van der Waals surface area (Å²) in [5.41, 5.74) is 4.64. The van der Waals surface area contributed by atoms with Crippen LogP contribution in [0.25, 0.3) is 16.8 Å². The Hall–Kier alpha value is -2.88. The number of fused-ring (bicyclic) bond motifs is 1. The Kier molecular flexibility index (Phi) is 3.00. The van der Waals surface area contributed by atoms with Gasteiger partial charge in [0.05, 0.1) is 0 Å². The van der Waals surface area contributed by atoms with Crippen LogP contribution >= 0.6 is 0 Å². The van der Waals surface area contributed by atoms with Crippen LogP contribution in [0.1, 0.15) is 11.4 Å². The highest BCUT2D eigenvalue weighted by Gasteiger charge is 2.02. The zero-order valence-corrected chi connectivity index (χ0v) is 12.3. The van der Waals surface area contributed by atoms with E-state index in [1.807, 2.05) is 42.2 Å². The van der Waals surface area contributed by atoms with Gasteiger partial charge in [0.2, 0.25) is 0 Å². The predicted octanol–water partition coefficient (Wildman–Crippen LogP) is 3.55. The molecule has 0 N–H and O–H groups in total. The molecule has 22 heavy (non-hydrogen) atoms. The molecule has 4 aromatic rings. The van der Waals surface area contributed by atoms with Crippen LogP contribution in [-0.4, -0.2) is 18.9 Å². The van der Waals surface area contributed by atoms with Gasteiger partial charge >= 0.3 is 0 Å². The minimum atomic E-state index is 0.854. The van der Waals surface area contributed by atoms with Crippen molar-refractivity contribution in [1.82, 2.24) is 18.9 Å². The number of nitrogens with zero attached hydrogens (tertiary/aromatic N) is 4. The first-order valence-electron chi connectivity index (χ1n) is 7.29. The first-order chi connectivity index (χ1) is 10.8. The second kappa shape index (κ2) is 5.15. The van der Waals surface area contributed by atoms with E-state index >= 15 is 0 Å². The summed E-state index contributed by atoms with van der Waals surface area (Å²) >= 11 is 0. The fourth-order valence-electron chi connectivity index (χ4n) is 2.66. The molecule has 4 nitrogen and oxygen atoms in total. The Bertz CT molecular complexity index is 916. The zero-order valence-electron chi connectivity index (χ0n) is 12.3. The standard InChI is InChI=1S/C18H16N4/c1-14-19-8-10-21(14)12-15-2-4-16(5-3-15)17-6-7-18-20-9-11-22(18)13-17/h2-11,13H,12H2,1H3. The predicted molar refractivity (Wildman–Crippen MR) is 86.7 cm³/mol. The van der Waals surface area contributed by atoms with Gasteiger partial charge in [0.15, 0.2) is 0 Å². The summed E-state index contributed by atoms with van der Waals surface area (Å²) in [6, 6.07) is 12.8. The van der Waals surface area contributed by atoms with Gasteiger partial charge in [0.25, 0.3) is 0 Å². The van der Waals surface area contributed by atoms with Crippen LogP contribution in [0.15, 0.2) is 67.4 Å². The molecule has 0 bridgehead atoms. The van der Waals surface area contributed by atoms with Crippen LogP contribution in [-0.2, 0) is 6.54 Å². The van der Waals surface area contributed by atoms with Crippen LogP contribution in [0.5, 0.6) is 0 Å². The molecule has 0 atom stereocenters. The summed E-state index contributed by atoms with van der Waals surface area (Å²) in [6.07, 6.45) is 9.74. The van der Waals surface area contributed by atoms with Gasteiger partial charge in [-0.3, -0.25) is 0 Å². The number of pyridine rings is 1. The fraction of sp³-hybridized carbons (Fsp3) is 0.111. The minimum absolute atomic E-state index is 0.854. The lowest BCUT2D eigenvalue weighted by Crippen LogP contribution is -2.00. The fourth-order valence-corrected chi connectivity index (χ4v) is 2.66. The van der Waals surface area contributed by atoms with Crippen molar-refractivity contribution in [2.24, 2.45) is 0 Å². The normalized spacial score (nSPS) is 11.1. The third-order valence-electron chi connectivity index (χ3n) is 3.95. The number of hydrogen-bond donors (Lipinski definition) is 0. The Morgan fingerprint density at radius 2 is 1.64 bits per heavy atom. The Morgan fingerprint density at radius 1 is 0.864 bits per heavy atom. The van der Waals surface area contributed by atoms with Crippen molar-refractivity contribution in [3.63, 3.8) is 0 Å². The van der Waals surface area contributed by atoms with E-state index in [4.69, 9.17) is 0 Å². The summed E-state index contributed by atoms with van der Waals surface area (Å²) in [5, 5.41) is 0. The van der Waals surface area contributed by atoms with E-state index in [-0.39, 0.29) is 0 Å². The first-order valence-corrected chi connectivity index (χ1v) is 7.29. The van der Waals surface area contributed by atoms with Gasteiger partial charge in [-0.05, 0) is 35.7 Å². The number of aryl methyl sites for hydroxylation is 1. The molecule has 0 aliphatic heterocycles. The molecule has 0 saturated carbocycles. The Morgan fingerprint density at radius 3 is 2.41 bits per heavy atom. The number of rotatable bonds is 3. The van der Waals surface area contributed by atoms with E-state index in [1.165, 1.54) is 16.7 Å². The average Bonchev–Trinajstić information content (AvgIpc) is 3.17. The molecule has 0 spiro atoms. The summed E-state index contributed by atoms with van der Waals surface area (Å²) < 4.78 is 4.19. The molecule has 0 amide bonds. The van der Waals surface area contributed by atoms with Crippen molar-refractivity contribution in [2.75, 3.05) is 0 Å². The maximum atomic E-state index is 4.27. The summed E-state index contributed by atoms with van der Waals surface area (Å²) in [5.74, 6) is 1.04. The second-order valence-corrected chi connectivity index (χ2v) is 5.41. The van der Waals surface area contributed by atoms with Gasteiger partial charge < -0.3 is 8.97 Å². The molecule has 4 rings (SSSR count). The van der Waals surface area contributed by atoms with Crippen molar-refractivity contribution >= 4 is 5.65 Å². The van der Waals surface area contributed by atoms with E-state index in [9.17, 15) is 0 Å². The van der Waals surface area contributed by atoms with E-state index < -0.39 is 0 Å². The molecular weight excluding hydrogens is 272 g/mol. The lowest BCUT2D eigenvalue weighted by atomic mass is 10.1. The van der Waals surface area contributed by atoms with Crippen molar-refractivity contribution < 1.29 is 0 Å². The van der Waals surface area contributed by atoms with Crippen LogP contribution in [0.3, 0.4) is 0 Å². The molecule has 0 aliphatic rings. The molecule has 0 radical (unpaired) electrons. The van der Waals surface area contributed by atoms with E-state index in [0.717, 1.165) is 18.0 Å². The SMILES string of the molecule is Cc1nccn1Cc1ccc(-c2ccc3nccn3c2)cc1. The molecule has 108 valence electrons. The van der Waals surface area contributed by atoms with Crippen LogP contribution in [0.4, 0.5) is 0 Å². The number of hydrogen-bond acceptors (Lipinski definition) is 2. The maximum Gasteiger partial charge on any atom is 0.136 e. The van der Waals surface area contributed by atoms with Gasteiger partial charge in [-0.25, -0.2) is 9.97 Å². The number of benzene rings is 1. The first kappa shape index (κ1) is 12.8. The van der Waals surface area contributed by atoms with Crippen molar-refractivity contribution in [2.45, 2.75) is 13.5 Å². The molecule has 0 unspecified atom stereocenters. The largest absolute Gasteiger partial charge is 0.331 e. The highest BCUT2D eigenvalue weighted by atomic mass is 15.0. The topological polar surface area (TPSA) is 35.1 Å². The van der Waals surface area contributed by atoms with Crippen LogP contribution < -0.4 is 0 Å². The van der Waals surface area contributed by atoms with Gasteiger partial charge in [0.1, 0.15) is 11.5 Å².